The van der Waals surface area contributed by atoms with Gasteiger partial charge in [-0.25, -0.2) is 0 Å². The maximum absolute atomic E-state index is 11.4. The maximum atomic E-state index is 11.4. The van der Waals surface area contributed by atoms with Crippen molar-refractivity contribution in [2.75, 3.05) is 0 Å². The molecule has 0 rings (SSSR count). The van der Waals surface area contributed by atoms with Crippen molar-refractivity contribution in [3.8, 4) is 0 Å². The summed E-state index contributed by atoms with van der Waals surface area (Å²) in [4.78, 5) is 9.34. The Morgan fingerprint density at radius 3 is 2.11 bits per heavy atom. The molecule has 0 amide bonds. The molecule has 0 N–H and O–H groups in total. The monoisotopic (exact) mass is 142 g/mol. The average molecular weight is 142 g/mol. The van der Waals surface area contributed by atoms with Crippen molar-refractivity contribution in [3.63, 3.8) is 0 Å². The van der Waals surface area contributed by atoms with Crippen LogP contribution in [-0.2, 0) is 9.53 Å². The second-order valence-corrected chi connectivity index (χ2v) is 1.42. The summed E-state index contributed by atoms with van der Waals surface area (Å²) in [5, 5.41) is 0. The SMILES string of the molecule is C[C@H](OC=O)C(F)(F)F. The third-order valence-electron chi connectivity index (χ3n) is 0.721. The molecule has 2 nitrogen and oxygen atoms in total. The van der Waals surface area contributed by atoms with E-state index in [1.54, 1.807) is 0 Å². The molecule has 54 valence electrons. The van der Waals surface area contributed by atoms with E-state index in [1.165, 1.54) is 0 Å². The summed E-state index contributed by atoms with van der Waals surface area (Å²) in [6, 6.07) is 0. The van der Waals surface area contributed by atoms with Crippen LogP contribution >= 0.6 is 0 Å². The quantitative estimate of drug-likeness (QED) is 0.540. The van der Waals surface area contributed by atoms with E-state index in [4.69, 9.17) is 0 Å². The van der Waals surface area contributed by atoms with Crippen LogP contribution in [0.1, 0.15) is 6.92 Å². The van der Waals surface area contributed by atoms with Crippen molar-refractivity contribution in [1.82, 2.24) is 0 Å². The Morgan fingerprint density at radius 1 is 1.56 bits per heavy atom. The second kappa shape index (κ2) is 2.70. The van der Waals surface area contributed by atoms with Crippen LogP contribution < -0.4 is 0 Å². The molecule has 0 saturated carbocycles. The molecule has 5 heteroatoms. The van der Waals surface area contributed by atoms with Gasteiger partial charge >= 0.3 is 6.18 Å². The highest BCUT2D eigenvalue weighted by molar-refractivity contribution is 5.37. The third-order valence-corrected chi connectivity index (χ3v) is 0.721. The molecule has 1 atom stereocenters. The van der Waals surface area contributed by atoms with E-state index in [9.17, 15) is 18.0 Å². The lowest BCUT2D eigenvalue weighted by Gasteiger charge is -2.12. The molecule has 0 radical (unpaired) electrons. The van der Waals surface area contributed by atoms with Gasteiger partial charge in [0.2, 0.25) is 0 Å². The van der Waals surface area contributed by atoms with E-state index in [1.807, 2.05) is 0 Å². The van der Waals surface area contributed by atoms with Crippen LogP contribution in [0.3, 0.4) is 0 Å². The smallest absolute Gasteiger partial charge is 0.425 e. The van der Waals surface area contributed by atoms with E-state index >= 15 is 0 Å². The second-order valence-electron chi connectivity index (χ2n) is 1.42. The minimum atomic E-state index is -4.44. The molecule has 0 spiro atoms. The van der Waals surface area contributed by atoms with Crippen LogP contribution in [0.25, 0.3) is 0 Å². The number of carbonyl (C=O) groups excluding carboxylic acids is 1. The number of hydrogen-bond acceptors (Lipinski definition) is 2. The molecule has 0 bridgehead atoms. The number of hydrogen-bond donors (Lipinski definition) is 0. The van der Waals surface area contributed by atoms with Gasteiger partial charge in [-0.15, -0.1) is 0 Å². The van der Waals surface area contributed by atoms with Crippen LogP contribution in [0.15, 0.2) is 0 Å². The van der Waals surface area contributed by atoms with Crippen LogP contribution in [0.5, 0.6) is 0 Å². The zero-order chi connectivity index (χ0) is 7.49. The van der Waals surface area contributed by atoms with Crippen LogP contribution in [0, 0.1) is 0 Å². The van der Waals surface area contributed by atoms with Crippen LogP contribution in [-0.4, -0.2) is 18.8 Å². The highest BCUT2D eigenvalue weighted by Crippen LogP contribution is 2.21. The number of alkyl halides is 3. The summed E-state index contributed by atoms with van der Waals surface area (Å²) >= 11 is 0. The molecule has 0 heterocycles. The molecule has 0 unspecified atom stereocenters. The van der Waals surface area contributed by atoms with Gasteiger partial charge in [0.05, 0.1) is 0 Å². The van der Waals surface area contributed by atoms with E-state index in [2.05, 4.69) is 4.74 Å². The summed E-state index contributed by atoms with van der Waals surface area (Å²) in [5.74, 6) is 0. The van der Waals surface area contributed by atoms with E-state index in [-0.39, 0.29) is 6.47 Å². The summed E-state index contributed by atoms with van der Waals surface area (Å²) in [6.45, 7) is 0.534. The molecule has 0 fully saturated rings. The van der Waals surface area contributed by atoms with Gasteiger partial charge in [-0.3, -0.25) is 4.79 Å². The van der Waals surface area contributed by atoms with E-state index in [0.717, 1.165) is 6.92 Å². The predicted molar refractivity (Wildman–Crippen MR) is 22.7 cm³/mol. The summed E-state index contributed by atoms with van der Waals surface area (Å²) < 4.78 is 37.7. The molecular weight excluding hydrogens is 137 g/mol. The molecule has 0 aromatic rings. The Balaban J connectivity index is 3.72. The Hall–Kier alpha value is -0.740. The lowest BCUT2D eigenvalue weighted by molar-refractivity contribution is -0.209. The summed E-state index contributed by atoms with van der Waals surface area (Å²) in [7, 11) is 0. The highest BCUT2D eigenvalue weighted by Gasteiger charge is 2.37. The molecule has 0 saturated heterocycles. The van der Waals surface area contributed by atoms with E-state index in [0.29, 0.717) is 0 Å². The van der Waals surface area contributed by atoms with Gasteiger partial charge in [-0.2, -0.15) is 13.2 Å². The fourth-order valence-corrected chi connectivity index (χ4v) is 0.160. The van der Waals surface area contributed by atoms with Crippen molar-refractivity contribution in [2.45, 2.75) is 19.2 Å². The number of rotatable bonds is 2. The van der Waals surface area contributed by atoms with Crippen molar-refractivity contribution in [2.24, 2.45) is 0 Å². The summed E-state index contributed by atoms with van der Waals surface area (Å²) in [5.41, 5.74) is 0. The van der Waals surface area contributed by atoms with Crippen molar-refractivity contribution in [1.29, 1.82) is 0 Å². The predicted octanol–water partition coefficient (Wildman–Crippen LogP) is 1.11. The highest BCUT2D eigenvalue weighted by atomic mass is 19.4. The first-order chi connectivity index (χ1) is 3.98. The lowest BCUT2D eigenvalue weighted by atomic mass is 10.4. The molecule has 0 aliphatic carbocycles. The molecule has 0 aromatic heterocycles. The van der Waals surface area contributed by atoms with Gasteiger partial charge < -0.3 is 4.74 Å². The molecular formula is C4H5F3O2. The van der Waals surface area contributed by atoms with Gasteiger partial charge in [0, 0.05) is 0 Å². The van der Waals surface area contributed by atoms with Crippen molar-refractivity contribution >= 4 is 6.47 Å². The molecule has 0 aliphatic rings. The number of halogens is 3. The van der Waals surface area contributed by atoms with Gasteiger partial charge in [0.1, 0.15) is 0 Å². The van der Waals surface area contributed by atoms with Crippen LogP contribution in [0.4, 0.5) is 13.2 Å². The van der Waals surface area contributed by atoms with Gasteiger partial charge in [0.15, 0.2) is 6.10 Å². The number of ether oxygens (including phenoxy) is 1. The first-order valence-corrected chi connectivity index (χ1v) is 2.14. The van der Waals surface area contributed by atoms with Gasteiger partial charge in [-0.05, 0) is 6.92 Å². The number of carbonyl (C=O) groups is 1. The van der Waals surface area contributed by atoms with Crippen molar-refractivity contribution < 1.29 is 22.7 Å². The zero-order valence-corrected chi connectivity index (χ0v) is 4.61. The van der Waals surface area contributed by atoms with Crippen molar-refractivity contribution in [3.05, 3.63) is 0 Å². The zero-order valence-electron chi connectivity index (χ0n) is 4.61. The fraction of sp³-hybridized carbons (Fsp3) is 0.750. The standard InChI is InChI=1S/C4H5F3O2/c1-3(9-2-8)4(5,6)7/h2-3H,1H3/t3-/m0/s1. The first kappa shape index (κ1) is 8.26. The molecule has 0 aliphatic heterocycles. The first-order valence-electron chi connectivity index (χ1n) is 2.14. The molecule has 0 aromatic carbocycles. The minimum absolute atomic E-state index is 0.224. The Bertz CT molecular complexity index is 98.5. The topological polar surface area (TPSA) is 26.3 Å². The largest absolute Gasteiger partial charge is 0.455 e. The average Bonchev–Trinajstić information content (AvgIpc) is 1.64. The Morgan fingerprint density at radius 2 is 2.00 bits per heavy atom. The molecule has 9 heavy (non-hydrogen) atoms. The third kappa shape index (κ3) is 2.94. The minimum Gasteiger partial charge on any atom is -0.455 e. The Labute approximate surface area is 49.6 Å². The van der Waals surface area contributed by atoms with Gasteiger partial charge in [-0.1, -0.05) is 0 Å². The summed E-state index contributed by atoms with van der Waals surface area (Å²) in [6.07, 6.45) is -6.45. The maximum Gasteiger partial charge on any atom is 0.425 e. The van der Waals surface area contributed by atoms with E-state index < -0.39 is 12.3 Å². The van der Waals surface area contributed by atoms with Crippen LogP contribution in [0.2, 0.25) is 0 Å². The van der Waals surface area contributed by atoms with Gasteiger partial charge in [0.25, 0.3) is 6.47 Å². The Kier molecular flexibility index (Phi) is 2.48. The fourth-order valence-electron chi connectivity index (χ4n) is 0.160. The normalized spacial score (nSPS) is 14.7. The lowest BCUT2D eigenvalue weighted by Crippen LogP contribution is -2.27.